The molecule has 0 aliphatic carbocycles. The summed E-state index contributed by atoms with van der Waals surface area (Å²) in [6.07, 6.45) is -0.611. The molecule has 0 aliphatic heterocycles. The molecule has 1 amide bonds. The maximum atomic E-state index is 11.3. The second-order valence-corrected chi connectivity index (χ2v) is 5.21. The number of ether oxygens (including phenoxy) is 1. The van der Waals surface area contributed by atoms with Crippen molar-refractivity contribution in [1.29, 1.82) is 0 Å². The largest absolute Gasteiger partial charge is 0.453 e. The predicted octanol–water partition coefficient (Wildman–Crippen LogP) is 1.63. The molecule has 0 heterocycles. The number of hydrogen-bond acceptors (Lipinski definition) is 4. The van der Waals surface area contributed by atoms with Crippen molar-refractivity contribution in [2.45, 2.75) is 6.92 Å². The van der Waals surface area contributed by atoms with Crippen molar-refractivity contribution < 1.29 is 17.9 Å². The summed E-state index contributed by atoms with van der Waals surface area (Å²) in [5.41, 5.74) is 0.842. The van der Waals surface area contributed by atoms with E-state index in [9.17, 15) is 13.2 Å². The van der Waals surface area contributed by atoms with Gasteiger partial charge in [-0.2, -0.15) is 0 Å². The van der Waals surface area contributed by atoms with Gasteiger partial charge in [0.05, 0.1) is 18.6 Å². The van der Waals surface area contributed by atoms with E-state index in [1.165, 1.54) is 13.2 Å². The molecule has 94 valence electrons. The summed E-state index contributed by atoms with van der Waals surface area (Å²) < 4.78 is 29.5. The third-order valence-electron chi connectivity index (χ3n) is 1.95. The Labute approximate surface area is 100 Å². The van der Waals surface area contributed by atoms with Crippen LogP contribution in [-0.4, -0.2) is 27.4 Å². The molecule has 0 spiro atoms. The van der Waals surface area contributed by atoms with E-state index in [4.69, 9.17) is 0 Å². The summed E-state index contributed by atoms with van der Waals surface area (Å²) in [5.74, 6) is -0.0122. The quantitative estimate of drug-likeness (QED) is 0.859. The molecule has 6 nitrogen and oxygen atoms in total. The molecule has 0 aromatic heterocycles. The van der Waals surface area contributed by atoms with Crippen LogP contribution in [0.1, 0.15) is 6.92 Å². The van der Waals surface area contributed by atoms with E-state index in [0.717, 1.165) is 0 Å². The lowest BCUT2D eigenvalue weighted by molar-refractivity contribution is 0.187. The van der Waals surface area contributed by atoms with Gasteiger partial charge in [0.15, 0.2) is 0 Å². The fourth-order valence-corrected chi connectivity index (χ4v) is 1.71. The lowest BCUT2D eigenvalue weighted by atomic mass is 10.3. The van der Waals surface area contributed by atoms with Crippen LogP contribution < -0.4 is 10.0 Å². The Morgan fingerprint density at radius 2 is 2.00 bits per heavy atom. The van der Waals surface area contributed by atoms with E-state index in [0.29, 0.717) is 11.4 Å². The molecule has 0 fully saturated rings. The van der Waals surface area contributed by atoms with Crippen molar-refractivity contribution >= 4 is 27.5 Å². The van der Waals surface area contributed by atoms with Crippen molar-refractivity contribution in [3.8, 4) is 0 Å². The van der Waals surface area contributed by atoms with Gasteiger partial charge in [-0.15, -0.1) is 0 Å². The van der Waals surface area contributed by atoms with E-state index in [2.05, 4.69) is 14.8 Å². The zero-order valence-electron chi connectivity index (χ0n) is 9.56. The third-order valence-corrected chi connectivity index (χ3v) is 3.25. The fraction of sp³-hybridized carbons (Fsp3) is 0.300. The van der Waals surface area contributed by atoms with E-state index in [1.54, 1.807) is 25.1 Å². The maximum absolute atomic E-state index is 11.3. The molecule has 1 aromatic carbocycles. The van der Waals surface area contributed by atoms with Crippen LogP contribution in [0.2, 0.25) is 0 Å². The topological polar surface area (TPSA) is 84.5 Å². The first-order chi connectivity index (χ1) is 7.96. The lowest BCUT2D eigenvalue weighted by Gasteiger charge is -2.08. The first-order valence-corrected chi connectivity index (χ1v) is 6.57. The highest BCUT2D eigenvalue weighted by Crippen LogP contribution is 2.16. The number of carbonyl (C=O) groups is 1. The summed E-state index contributed by atoms with van der Waals surface area (Å²) in [4.78, 5) is 11.0. The second kappa shape index (κ2) is 5.53. The van der Waals surface area contributed by atoms with Crippen molar-refractivity contribution in [2.24, 2.45) is 0 Å². The van der Waals surface area contributed by atoms with Crippen LogP contribution in [0.15, 0.2) is 24.3 Å². The van der Waals surface area contributed by atoms with Gasteiger partial charge in [-0.1, -0.05) is 6.07 Å². The van der Waals surface area contributed by atoms with E-state index in [1.807, 2.05) is 0 Å². The van der Waals surface area contributed by atoms with Crippen LogP contribution in [0, 0.1) is 0 Å². The van der Waals surface area contributed by atoms with Crippen molar-refractivity contribution in [2.75, 3.05) is 22.9 Å². The minimum absolute atomic E-state index is 0.0122. The lowest BCUT2D eigenvalue weighted by Crippen LogP contribution is -2.15. The highest BCUT2D eigenvalue weighted by Gasteiger charge is 2.07. The fourth-order valence-electron chi connectivity index (χ4n) is 1.08. The zero-order chi connectivity index (χ0) is 12.9. The van der Waals surface area contributed by atoms with Gasteiger partial charge in [-0.3, -0.25) is 10.0 Å². The number of rotatable bonds is 4. The molecular formula is C10H14N2O4S. The molecule has 0 saturated carbocycles. The van der Waals surface area contributed by atoms with Crippen LogP contribution >= 0.6 is 0 Å². The Bertz CT molecular complexity index is 499. The van der Waals surface area contributed by atoms with Gasteiger partial charge in [-0.05, 0) is 25.1 Å². The van der Waals surface area contributed by atoms with Gasteiger partial charge in [0.2, 0.25) is 10.0 Å². The number of anilines is 2. The molecule has 2 N–H and O–H groups in total. The van der Waals surface area contributed by atoms with E-state index >= 15 is 0 Å². The number of nitrogens with one attached hydrogen (secondary N) is 2. The highest BCUT2D eigenvalue weighted by atomic mass is 32.2. The average molecular weight is 258 g/mol. The number of benzene rings is 1. The summed E-state index contributed by atoms with van der Waals surface area (Å²) in [5, 5.41) is 2.44. The first-order valence-electron chi connectivity index (χ1n) is 4.92. The van der Waals surface area contributed by atoms with Crippen molar-refractivity contribution in [3.05, 3.63) is 24.3 Å². The van der Waals surface area contributed by atoms with Gasteiger partial charge < -0.3 is 4.74 Å². The number of hydrogen-bond donors (Lipinski definition) is 2. The van der Waals surface area contributed by atoms with Crippen LogP contribution in [0.3, 0.4) is 0 Å². The Morgan fingerprint density at radius 3 is 2.59 bits per heavy atom. The van der Waals surface area contributed by atoms with E-state index in [-0.39, 0.29) is 5.75 Å². The number of methoxy groups -OCH3 is 1. The smallest absolute Gasteiger partial charge is 0.411 e. The summed E-state index contributed by atoms with van der Waals surface area (Å²) in [6, 6.07) is 6.35. The minimum Gasteiger partial charge on any atom is -0.453 e. The van der Waals surface area contributed by atoms with Crippen LogP contribution in [0.4, 0.5) is 16.2 Å². The van der Waals surface area contributed by atoms with E-state index < -0.39 is 16.1 Å². The molecule has 0 bridgehead atoms. The number of sulfonamides is 1. The molecule has 0 radical (unpaired) electrons. The zero-order valence-corrected chi connectivity index (χ0v) is 10.4. The third kappa shape index (κ3) is 4.31. The monoisotopic (exact) mass is 258 g/mol. The second-order valence-electron chi connectivity index (χ2n) is 3.20. The van der Waals surface area contributed by atoms with Gasteiger partial charge in [-0.25, -0.2) is 13.2 Å². The molecule has 0 saturated heterocycles. The van der Waals surface area contributed by atoms with Crippen molar-refractivity contribution in [1.82, 2.24) is 0 Å². The molecule has 0 unspecified atom stereocenters. The molecule has 7 heteroatoms. The number of amides is 1. The highest BCUT2D eigenvalue weighted by molar-refractivity contribution is 7.92. The van der Waals surface area contributed by atoms with Crippen molar-refractivity contribution in [3.63, 3.8) is 0 Å². The summed E-state index contributed by atoms with van der Waals surface area (Å²) in [7, 11) is -2.07. The molecule has 1 aromatic rings. The van der Waals surface area contributed by atoms with Crippen LogP contribution in [0.5, 0.6) is 0 Å². The predicted molar refractivity (Wildman–Crippen MR) is 65.6 cm³/mol. The Morgan fingerprint density at radius 1 is 1.35 bits per heavy atom. The van der Waals surface area contributed by atoms with Gasteiger partial charge in [0.25, 0.3) is 0 Å². The Balaban J connectivity index is 2.83. The molecule has 1 rings (SSSR count). The van der Waals surface area contributed by atoms with Crippen LogP contribution in [-0.2, 0) is 14.8 Å². The van der Waals surface area contributed by atoms with Crippen LogP contribution in [0.25, 0.3) is 0 Å². The molecule has 0 aliphatic rings. The molecule has 0 atom stereocenters. The maximum Gasteiger partial charge on any atom is 0.411 e. The van der Waals surface area contributed by atoms with Gasteiger partial charge in [0.1, 0.15) is 0 Å². The summed E-state index contributed by atoms with van der Waals surface area (Å²) >= 11 is 0. The normalized spacial score (nSPS) is 10.7. The average Bonchev–Trinajstić information content (AvgIpc) is 2.29. The molecular weight excluding hydrogens is 244 g/mol. The summed E-state index contributed by atoms with van der Waals surface area (Å²) in [6.45, 7) is 1.54. The Hall–Kier alpha value is -1.76. The first kappa shape index (κ1) is 13.3. The molecule has 17 heavy (non-hydrogen) atoms. The SMILES string of the molecule is CCS(=O)(=O)Nc1cccc(NC(=O)OC)c1. The van der Waals surface area contributed by atoms with Gasteiger partial charge >= 0.3 is 6.09 Å². The standard InChI is InChI=1S/C10H14N2O4S/c1-3-17(14,15)12-9-6-4-5-8(7-9)11-10(13)16-2/h4-7,12H,3H2,1-2H3,(H,11,13). The minimum atomic E-state index is -3.32. The van der Waals surface area contributed by atoms with Gasteiger partial charge in [0, 0.05) is 5.69 Å². The number of carbonyl (C=O) groups excluding carboxylic acids is 1. The Kier molecular flexibility index (Phi) is 4.33.